The minimum absolute atomic E-state index is 0. The van der Waals surface area contributed by atoms with Gasteiger partial charge in [0.25, 0.3) is 15.9 Å². The van der Waals surface area contributed by atoms with E-state index in [0.717, 1.165) is 16.9 Å². The maximum Gasteiger partial charge on any atom is 0.267 e. The number of rotatable bonds is 6. The van der Waals surface area contributed by atoms with Crippen molar-refractivity contribution in [3.8, 4) is 0 Å². The molecule has 8 nitrogen and oxygen atoms in total. The first-order valence-electron chi connectivity index (χ1n) is 8.98. The van der Waals surface area contributed by atoms with E-state index in [-0.39, 0.29) is 51.0 Å². The SMILES string of the molecule is CC(=O)c1cc(C)cc(C)c1NC(=O)c1sccc1S(=O)(=O)Nc1onc(C)c1C.[Na]. The first-order valence-corrected chi connectivity index (χ1v) is 11.3. The molecular weight excluding hydrogens is 449 g/mol. The minimum atomic E-state index is -4.09. The number of thiophene rings is 1. The summed E-state index contributed by atoms with van der Waals surface area (Å²) in [5.74, 6) is -0.822. The Hall–Kier alpha value is -1.98. The van der Waals surface area contributed by atoms with Crippen molar-refractivity contribution in [3.05, 3.63) is 56.4 Å². The zero-order valence-electron chi connectivity index (χ0n) is 18.1. The quantitative estimate of drug-likeness (QED) is 0.417. The molecule has 1 aromatic carbocycles. The number of nitrogens with one attached hydrogen (secondary N) is 2. The van der Waals surface area contributed by atoms with Crippen LogP contribution < -0.4 is 10.0 Å². The summed E-state index contributed by atoms with van der Waals surface area (Å²) in [7, 11) is -4.09. The van der Waals surface area contributed by atoms with E-state index in [1.165, 1.54) is 18.4 Å². The third kappa shape index (κ3) is 5.27. The van der Waals surface area contributed by atoms with Crippen LogP contribution in [0, 0.1) is 27.7 Å². The van der Waals surface area contributed by atoms with Gasteiger partial charge < -0.3 is 9.84 Å². The third-order valence-electron chi connectivity index (χ3n) is 4.61. The molecule has 159 valence electrons. The summed E-state index contributed by atoms with van der Waals surface area (Å²) < 4.78 is 33.1. The molecule has 3 rings (SSSR count). The maximum atomic E-state index is 12.9. The first kappa shape index (κ1) is 25.3. The topological polar surface area (TPSA) is 118 Å². The van der Waals surface area contributed by atoms with Gasteiger partial charge in [0.05, 0.1) is 11.4 Å². The number of hydrogen-bond acceptors (Lipinski definition) is 7. The molecular formula is C20H21N3NaO5S2. The Labute approximate surface area is 206 Å². The molecule has 0 aliphatic rings. The molecule has 0 fully saturated rings. The van der Waals surface area contributed by atoms with E-state index in [0.29, 0.717) is 28.1 Å². The molecule has 0 saturated carbocycles. The molecule has 2 N–H and O–H groups in total. The van der Waals surface area contributed by atoms with Gasteiger partial charge in [-0.1, -0.05) is 11.2 Å². The van der Waals surface area contributed by atoms with Crippen LogP contribution in [0.1, 0.15) is 49.3 Å². The Balaban J connectivity index is 0.00000341. The second-order valence-electron chi connectivity index (χ2n) is 6.96. The fourth-order valence-electron chi connectivity index (χ4n) is 2.94. The van der Waals surface area contributed by atoms with Gasteiger partial charge in [-0.05, 0) is 63.3 Å². The summed E-state index contributed by atoms with van der Waals surface area (Å²) >= 11 is 0.985. The Morgan fingerprint density at radius 2 is 1.81 bits per heavy atom. The molecule has 1 radical (unpaired) electrons. The first-order chi connectivity index (χ1) is 14.0. The van der Waals surface area contributed by atoms with Crippen LogP contribution in [-0.2, 0) is 10.0 Å². The summed E-state index contributed by atoms with van der Waals surface area (Å²) in [6.45, 7) is 8.41. The number of Topliss-reactive ketones (excluding diaryl/α,β-unsaturated/α-hetero) is 1. The van der Waals surface area contributed by atoms with Gasteiger partial charge in [0.2, 0.25) is 5.88 Å². The van der Waals surface area contributed by atoms with E-state index in [1.54, 1.807) is 26.8 Å². The van der Waals surface area contributed by atoms with Crippen LogP contribution in [-0.4, -0.2) is 54.8 Å². The van der Waals surface area contributed by atoms with Gasteiger partial charge in [-0.2, -0.15) is 0 Å². The van der Waals surface area contributed by atoms with Gasteiger partial charge in [-0.3, -0.25) is 9.59 Å². The Kier molecular flexibility index (Phi) is 7.88. The molecule has 2 aromatic heterocycles. The summed E-state index contributed by atoms with van der Waals surface area (Å²) in [6, 6.07) is 4.87. The second-order valence-corrected chi connectivity index (χ2v) is 9.52. The molecule has 0 aliphatic heterocycles. The molecule has 2 heterocycles. The molecule has 0 bridgehead atoms. The van der Waals surface area contributed by atoms with Crippen LogP contribution in [0.15, 0.2) is 33.0 Å². The number of sulfonamides is 1. The van der Waals surface area contributed by atoms with Crippen LogP contribution in [0.4, 0.5) is 11.6 Å². The van der Waals surface area contributed by atoms with Crippen molar-refractivity contribution < 1.29 is 22.5 Å². The Morgan fingerprint density at radius 3 is 2.39 bits per heavy atom. The average Bonchev–Trinajstić information content (AvgIpc) is 3.26. The largest absolute Gasteiger partial charge is 0.337 e. The summed E-state index contributed by atoms with van der Waals surface area (Å²) in [5, 5.41) is 7.94. The number of anilines is 2. The van der Waals surface area contributed by atoms with Gasteiger partial charge in [-0.15, -0.1) is 11.3 Å². The van der Waals surface area contributed by atoms with E-state index >= 15 is 0 Å². The Morgan fingerprint density at radius 1 is 1.13 bits per heavy atom. The smallest absolute Gasteiger partial charge is 0.267 e. The zero-order chi connectivity index (χ0) is 22.2. The van der Waals surface area contributed by atoms with Crippen molar-refractivity contribution in [2.24, 2.45) is 0 Å². The summed E-state index contributed by atoms with van der Waals surface area (Å²) in [5.41, 5.74) is 3.44. The zero-order valence-corrected chi connectivity index (χ0v) is 21.7. The molecule has 0 unspecified atom stereocenters. The van der Waals surface area contributed by atoms with Crippen LogP contribution in [0.2, 0.25) is 0 Å². The predicted octanol–water partition coefficient (Wildman–Crippen LogP) is 3.84. The van der Waals surface area contributed by atoms with Crippen molar-refractivity contribution in [1.29, 1.82) is 0 Å². The number of hydrogen-bond donors (Lipinski definition) is 2. The average molecular weight is 471 g/mol. The van der Waals surface area contributed by atoms with E-state index in [9.17, 15) is 18.0 Å². The Bertz CT molecular complexity index is 1260. The number of amides is 1. The third-order valence-corrected chi connectivity index (χ3v) is 7.02. The minimum Gasteiger partial charge on any atom is -0.337 e. The molecule has 0 saturated heterocycles. The second kappa shape index (κ2) is 9.66. The van der Waals surface area contributed by atoms with Crippen molar-refractivity contribution in [2.75, 3.05) is 10.0 Å². The van der Waals surface area contributed by atoms with Gasteiger partial charge in [0, 0.05) is 40.7 Å². The molecule has 3 aromatic rings. The van der Waals surface area contributed by atoms with Gasteiger partial charge in [0.1, 0.15) is 9.77 Å². The molecule has 1 amide bonds. The van der Waals surface area contributed by atoms with Crippen LogP contribution in [0.3, 0.4) is 0 Å². The fourth-order valence-corrected chi connectivity index (χ4v) is 5.31. The van der Waals surface area contributed by atoms with Gasteiger partial charge in [-0.25, -0.2) is 13.1 Å². The van der Waals surface area contributed by atoms with Crippen molar-refractivity contribution >= 4 is 74.2 Å². The predicted molar refractivity (Wildman–Crippen MR) is 121 cm³/mol. The maximum absolute atomic E-state index is 12.9. The molecule has 0 aliphatic carbocycles. The number of carbonyl (C=O) groups is 2. The number of aryl methyl sites for hydroxylation is 3. The molecule has 0 atom stereocenters. The normalized spacial score (nSPS) is 11.0. The van der Waals surface area contributed by atoms with Crippen molar-refractivity contribution in [1.82, 2.24) is 5.16 Å². The molecule has 31 heavy (non-hydrogen) atoms. The standard InChI is InChI=1S/C20H21N3O5S2.Na/c1-10-8-11(2)17(15(9-10)14(5)24)21-19(25)18-16(6-7-29-18)30(26,27)23-20-12(3)13(4)22-28-20;/h6-9,23H,1-5H3,(H,21,25);. The fraction of sp³-hybridized carbons (Fsp3) is 0.250. The number of carbonyl (C=O) groups excluding carboxylic acids is 2. The number of benzene rings is 1. The summed E-state index contributed by atoms with van der Waals surface area (Å²) in [6.07, 6.45) is 0. The van der Waals surface area contributed by atoms with Gasteiger partial charge >= 0.3 is 0 Å². The van der Waals surface area contributed by atoms with Crippen LogP contribution >= 0.6 is 11.3 Å². The van der Waals surface area contributed by atoms with Crippen molar-refractivity contribution in [2.45, 2.75) is 39.5 Å². The monoisotopic (exact) mass is 470 g/mol. The van der Waals surface area contributed by atoms with E-state index in [4.69, 9.17) is 4.52 Å². The summed E-state index contributed by atoms with van der Waals surface area (Å²) in [4.78, 5) is 24.8. The van der Waals surface area contributed by atoms with Crippen LogP contribution in [0.5, 0.6) is 0 Å². The molecule has 0 spiro atoms. The van der Waals surface area contributed by atoms with E-state index in [2.05, 4.69) is 15.2 Å². The van der Waals surface area contributed by atoms with E-state index < -0.39 is 15.9 Å². The molecule has 11 heteroatoms. The van der Waals surface area contributed by atoms with Gasteiger partial charge in [0.15, 0.2) is 5.78 Å². The number of nitrogens with zero attached hydrogens (tertiary/aromatic N) is 1. The van der Waals surface area contributed by atoms with Crippen molar-refractivity contribution in [3.63, 3.8) is 0 Å². The van der Waals surface area contributed by atoms with E-state index in [1.807, 2.05) is 13.0 Å². The van der Waals surface area contributed by atoms with Crippen LogP contribution in [0.25, 0.3) is 0 Å². The number of ketones is 1. The number of aromatic nitrogens is 1.